The first kappa shape index (κ1) is 33.2. The lowest BCUT2D eigenvalue weighted by atomic mass is 9.92. The van der Waals surface area contributed by atoms with Gasteiger partial charge in [0, 0.05) is 30.0 Å². The van der Waals surface area contributed by atoms with Gasteiger partial charge in [-0.25, -0.2) is 0 Å². The highest BCUT2D eigenvalue weighted by atomic mass is 32.2. The molecule has 0 spiro atoms. The lowest BCUT2D eigenvalue weighted by Crippen LogP contribution is -2.52. The molecule has 0 fully saturated rings. The third kappa shape index (κ3) is 9.38. The molecule has 0 aliphatic rings. The summed E-state index contributed by atoms with van der Waals surface area (Å²) in [5.41, 5.74) is 5.13. The number of amides is 2. The Morgan fingerprint density at radius 2 is 1.74 bits per heavy atom. The molecular formula is C34H48N4O3S. The van der Waals surface area contributed by atoms with E-state index in [1.54, 1.807) is 4.90 Å². The maximum Gasteiger partial charge on any atom is 0.243 e. The highest BCUT2D eigenvalue weighted by Gasteiger charge is 2.32. The van der Waals surface area contributed by atoms with Crippen molar-refractivity contribution in [3.8, 4) is 11.1 Å². The van der Waals surface area contributed by atoms with Gasteiger partial charge in [0.1, 0.15) is 6.04 Å². The molecule has 0 saturated carbocycles. The quantitative estimate of drug-likeness (QED) is 0.184. The van der Waals surface area contributed by atoms with E-state index in [2.05, 4.69) is 79.3 Å². The molecule has 1 atom stereocenters. The second kappa shape index (κ2) is 15.3. The molecule has 42 heavy (non-hydrogen) atoms. The standard InChI is InChI=1S/C34H48N4O3S/c1-9-10-15-30(39)38(31(23(2)3)32(40)35-21-20-34(6,7)8)22-26-16-18-27(19-17-26)28-13-11-12-14-29(28)42-37-33-24(4)25(5)36-41-33/h11-14,16-19,23,31,37H,9-10,15,20-22H2,1-8H3,(H,35,40). The third-order valence-corrected chi connectivity index (χ3v) is 8.25. The van der Waals surface area contributed by atoms with Crippen LogP contribution in [0.25, 0.3) is 11.1 Å². The van der Waals surface area contributed by atoms with Crippen molar-refractivity contribution in [3.63, 3.8) is 0 Å². The molecule has 0 aliphatic carbocycles. The van der Waals surface area contributed by atoms with E-state index in [4.69, 9.17) is 4.52 Å². The molecule has 2 aromatic carbocycles. The van der Waals surface area contributed by atoms with Gasteiger partial charge < -0.3 is 14.7 Å². The third-order valence-electron chi connectivity index (χ3n) is 7.39. The molecule has 0 bridgehead atoms. The average Bonchev–Trinajstić information content (AvgIpc) is 3.26. The number of hydrogen-bond donors (Lipinski definition) is 2. The number of aromatic nitrogens is 1. The van der Waals surface area contributed by atoms with Crippen LogP contribution in [0, 0.1) is 25.2 Å². The maximum absolute atomic E-state index is 13.5. The summed E-state index contributed by atoms with van der Waals surface area (Å²) in [6, 6.07) is 16.0. The van der Waals surface area contributed by atoms with Gasteiger partial charge in [-0.15, -0.1) is 0 Å². The van der Waals surface area contributed by atoms with Crippen molar-refractivity contribution < 1.29 is 14.1 Å². The van der Waals surface area contributed by atoms with Crippen molar-refractivity contribution in [3.05, 3.63) is 65.4 Å². The van der Waals surface area contributed by atoms with Crippen LogP contribution in [0.15, 0.2) is 57.9 Å². The van der Waals surface area contributed by atoms with Crippen LogP contribution in [0.3, 0.4) is 0 Å². The summed E-state index contributed by atoms with van der Waals surface area (Å²) < 4.78 is 8.69. The molecule has 8 heteroatoms. The number of hydrogen-bond acceptors (Lipinski definition) is 6. The topological polar surface area (TPSA) is 87.5 Å². The van der Waals surface area contributed by atoms with Gasteiger partial charge in [0.25, 0.3) is 0 Å². The van der Waals surface area contributed by atoms with Crippen LogP contribution in [0.5, 0.6) is 0 Å². The van der Waals surface area contributed by atoms with Gasteiger partial charge in [-0.3, -0.25) is 14.3 Å². The summed E-state index contributed by atoms with van der Waals surface area (Å²) in [6.07, 6.45) is 3.05. The number of carbonyl (C=O) groups is 2. The number of unbranched alkanes of at least 4 members (excludes halogenated alkanes) is 1. The number of nitrogens with zero attached hydrogens (tertiary/aromatic N) is 2. The van der Waals surface area contributed by atoms with Crippen molar-refractivity contribution in [2.75, 3.05) is 11.3 Å². The maximum atomic E-state index is 13.5. The normalized spacial score (nSPS) is 12.3. The van der Waals surface area contributed by atoms with E-state index >= 15 is 0 Å². The van der Waals surface area contributed by atoms with Crippen LogP contribution in [0.1, 0.15) is 84.0 Å². The second-order valence-corrected chi connectivity index (χ2v) is 13.4. The molecular weight excluding hydrogens is 544 g/mol. The molecule has 7 nitrogen and oxygen atoms in total. The minimum Gasteiger partial charge on any atom is -0.354 e. The van der Waals surface area contributed by atoms with Crippen molar-refractivity contribution >= 4 is 29.6 Å². The Hall–Kier alpha value is -3.26. The highest BCUT2D eigenvalue weighted by molar-refractivity contribution is 8.00. The molecule has 3 rings (SSSR count). The van der Waals surface area contributed by atoms with Crippen molar-refractivity contribution in [2.45, 2.75) is 98.6 Å². The van der Waals surface area contributed by atoms with Gasteiger partial charge in [0.05, 0.1) is 5.69 Å². The zero-order valence-corrected chi connectivity index (χ0v) is 27.4. The van der Waals surface area contributed by atoms with E-state index in [-0.39, 0.29) is 23.1 Å². The summed E-state index contributed by atoms with van der Waals surface area (Å²) in [4.78, 5) is 29.7. The number of carbonyl (C=O) groups excluding carboxylic acids is 2. The van der Waals surface area contributed by atoms with Crippen molar-refractivity contribution in [2.24, 2.45) is 11.3 Å². The molecule has 0 aliphatic heterocycles. The fourth-order valence-electron chi connectivity index (χ4n) is 4.68. The zero-order chi connectivity index (χ0) is 30.9. The number of nitrogens with one attached hydrogen (secondary N) is 2. The van der Waals surface area contributed by atoms with Crippen LogP contribution in [0.4, 0.5) is 5.88 Å². The van der Waals surface area contributed by atoms with Crippen LogP contribution >= 0.6 is 11.9 Å². The van der Waals surface area contributed by atoms with Gasteiger partial charge in [-0.2, -0.15) is 0 Å². The average molecular weight is 593 g/mol. The minimum absolute atomic E-state index is 0.0160. The lowest BCUT2D eigenvalue weighted by molar-refractivity contribution is -0.143. The fourth-order valence-corrected chi connectivity index (χ4v) is 5.51. The molecule has 2 N–H and O–H groups in total. The summed E-state index contributed by atoms with van der Waals surface area (Å²) >= 11 is 1.49. The molecule has 3 aromatic rings. The van der Waals surface area contributed by atoms with Crippen molar-refractivity contribution in [1.82, 2.24) is 15.4 Å². The Morgan fingerprint density at radius 3 is 2.33 bits per heavy atom. The van der Waals surface area contributed by atoms with E-state index in [0.29, 0.717) is 25.4 Å². The van der Waals surface area contributed by atoms with Crippen LogP contribution < -0.4 is 10.0 Å². The Morgan fingerprint density at radius 1 is 1.05 bits per heavy atom. The van der Waals surface area contributed by atoms with E-state index in [0.717, 1.165) is 52.1 Å². The van der Waals surface area contributed by atoms with Crippen LogP contribution in [-0.2, 0) is 16.1 Å². The van der Waals surface area contributed by atoms with Crippen LogP contribution in [-0.4, -0.2) is 34.5 Å². The molecule has 0 radical (unpaired) electrons. The molecule has 1 aromatic heterocycles. The summed E-state index contributed by atoms with van der Waals surface area (Å²) in [7, 11) is 0. The first-order valence-electron chi connectivity index (χ1n) is 15.0. The smallest absolute Gasteiger partial charge is 0.243 e. The first-order chi connectivity index (χ1) is 19.9. The summed E-state index contributed by atoms with van der Waals surface area (Å²) in [5, 5.41) is 7.14. The predicted octanol–water partition coefficient (Wildman–Crippen LogP) is 8.17. The van der Waals surface area contributed by atoms with E-state index in [1.807, 2.05) is 39.8 Å². The summed E-state index contributed by atoms with van der Waals surface area (Å²) in [6.45, 7) is 17.5. The molecule has 1 unspecified atom stereocenters. The monoisotopic (exact) mass is 592 g/mol. The minimum atomic E-state index is -0.527. The van der Waals surface area contributed by atoms with Gasteiger partial charge >= 0.3 is 0 Å². The zero-order valence-electron chi connectivity index (χ0n) is 26.5. The Balaban J connectivity index is 1.80. The van der Waals surface area contributed by atoms with E-state index in [1.165, 1.54) is 11.9 Å². The number of benzene rings is 2. The van der Waals surface area contributed by atoms with Gasteiger partial charge in [0.15, 0.2) is 0 Å². The van der Waals surface area contributed by atoms with Crippen LogP contribution in [0.2, 0.25) is 0 Å². The lowest BCUT2D eigenvalue weighted by Gasteiger charge is -2.34. The Bertz CT molecular complexity index is 1310. The SMILES string of the molecule is CCCCC(=O)N(Cc1ccc(-c2ccccc2SNc2onc(C)c2C)cc1)C(C(=O)NCCC(C)(C)C)C(C)C. The summed E-state index contributed by atoms with van der Waals surface area (Å²) in [5.74, 6) is 0.582. The Labute approximate surface area is 256 Å². The fraction of sp³-hybridized carbons (Fsp3) is 0.500. The number of anilines is 1. The molecule has 0 saturated heterocycles. The van der Waals surface area contributed by atoms with E-state index in [9.17, 15) is 9.59 Å². The number of aryl methyl sites for hydroxylation is 1. The van der Waals surface area contributed by atoms with E-state index < -0.39 is 6.04 Å². The van der Waals surface area contributed by atoms with Gasteiger partial charge in [-0.05, 0) is 72.7 Å². The first-order valence-corrected chi connectivity index (χ1v) is 15.8. The highest BCUT2D eigenvalue weighted by Crippen LogP contribution is 2.33. The second-order valence-electron chi connectivity index (χ2n) is 12.5. The van der Waals surface area contributed by atoms with Crippen molar-refractivity contribution in [1.29, 1.82) is 0 Å². The molecule has 1 heterocycles. The largest absolute Gasteiger partial charge is 0.354 e. The molecule has 228 valence electrons. The predicted molar refractivity (Wildman–Crippen MR) is 173 cm³/mol. The van der Waals surface area contributed by atoms with Gasteiger partial charge in [0.2, 0.25) is 17.7 Å². The Kier molecular flexibility index (Phi) is 12.1. The van der Waals surface area contributed by atoms with Gasteiger partial charge in [-0.1, -0.05) is 95.6 Å². The molecule has 2 amide bonds. The number of rotatable bonds is 14.